The molecule has 0 aliphatic rings. The van der Waals surface area contributed by atoms with Crippen LogP contribution in [0.3, 0.4) is 0 Å². The quantitative estimate of drug-likeness (QED) is 0.388. The molecule has 0 saturated heterocycles. The van der Waals surface area contributed by atoms with Gasteiger partial charge in [-0.05, 0) is 74.5 Å². The summed E-state index contributed by atoms with van der Waals surface area (Å²) in [5.74, 6) is -0.113. The molecule has 0 heterocycles. The number of carbonyl (C=O) groups is 2. The molecule has 0 aliphatic carbocycles. The summed E-state index contributed by atoms with van der Waals surface area (Å²) in [5, 5.41) is 9.18. The van der Waals surface area contributed by atoms with E-state index in [0.717, 1.165) is 29.9 Å². The third-order valence-electron chi connectivity index (χ3n) is 5.43. The lowest BCUT2D eigenvalue weighted by Crippen LogP contribution is -2.35. The van der Waals surface area contributed by atoms with Crippen molar-refractivity contribution in [2.45, 2.75) is 18.9 Å². The standard InChI is InChI=1S/C28H31NO6/c1-29(2)18-25(35-28(32)23-9-6-8-22(17-23)27(30)31)19-34-26-10-5-4-7-21(26)14-11-20-12-15-24(33-3)16-13-20/h4-10,12-13,15-17,25H,11,14,18-19H2,1-3H3,(H,30,31)/t25-/m1/s1. The predicted octanol–water partition coefficient (Wildman–Crippen LogP) is 4.34. The van der Waals surface area contributed by atoms with Crippen molar-refractivity contribution >= 4 is 11.9 Å². The number of carbonyl (C=O) groups excluding carboxylic acids is 1. The summed E-state index contributed by atoms with van der Waals surface area (Å²) < 4.78 is 17.0. The Balaban J connectivity index is 1.65. The molecule has 0 saturated carbocycles. The van der Waals surface area contributed by atoms with Gasteiger partial charge in [-0.2, -0.15) is 0 Å². The first-order valence-electron chi connectivity index (χ1n) is 11.4. The van der Waals surface area contributed by atoms with Crippen molar-refractivity contribution in [3.05, 3.63) is 95.1 Å². The molecule has 0 aliphatic heterocycles. The van der Waals surface area contributed by atoms with Gasteiger partial charge in [0.05, 0.1) is 18.2 Å². The van der Waals surface area contributed by atoms with Crippen molar-refractivity contribution in [2.75, 3.05) is 34.4 Å². The highest BCUT2D eigenvalue weighted by atomic mass is 16.6. The minimum atomic E-state index is -1.10. The van der Waals surface area contributed by atoms with Crippen molar-refractivity contribution in [3.63, 3.8) is 0 Å². The Bertz CT molecular complexity index is 1130. The second kappa shape index (κ2) is 12.6. The molecule has 0 aromatic heterocycles. The Kier molecular flexibility index (Phi) is 9.26. The van der Waals surface area contributed by atoms with E-state index in [1.807, 2.05) is 67.5 Å². The van der Waals surface area contributed by atoms with Crippen LogP contribution in [-0.4, -0.2) is 62.4 Å². The average molecular weight is 478 g/mol. The van der Waals surface area contributed by atoms with E-state index in [9.17, 15) is 14.7 Å². The maximum atomic E-state index is 12.7. The summed E-state index contributed by atoms with van der Waals surface area (Å²) in [6.45, 7) is 0.625. The second-order valence-electron chi connectivity index (χ2n) is 8.44. The summed E-state index contributed by atoms with van der Waals surface area (Å²) in [5.41, 5.74) is 2.48. The van der Waals surface area contributed by atoms with Crippen molar-refractivity contribution in [1.82, 2.24) is 4.90 Å². The molecular formula is C28H31NO6. The number of esters is 1. The zero-order valence-corrected chi connectivity index (χ0v) is 20.3. The topological polar surface area (TPSA) is 85.3 Å². The molecule has 1 atom stereocenters. The van der Waals surface area contributed by atoms with Crippen LogP contribution in [0.2, 0.25) is 0 Å². The van der Waals surface area contributed by atoms with E-state index >= 15 is 0 Å². The lowest BCUT2D eigenvalue weighted by Gasteiger charge is -2.22. The highest BCUT2D eigenvalue weighted by molar-refractivity contribution is 5.94. The monoisotopic (exact) mass is 477 g/mol. The smallest absolute Gasteiger partial charge is 0.338 e. The molecule has 1 N–H and O–H groups in total. The van der Waals surface area contributed by atoms with Crippen molar-refractivity contribution in [2.24, 2.45) is 0 Å². The summed E-state index contributed by atoms with van der Waals surface area (Å²) in [6.07, 6.45) is 1.10. The highest BCUT2D eigenvalue weighted by Gasteiger charge is 2.19. The van der Waals surface area contributed by atoms with E-state index < -0.39 is 18.0 Å². The van der Waals surface area contributed by atoms with Gasteiger partial charge in [-0.25, -0.2) is 9.59 Å². The molecule has 7 nitrogen and oxygen atoms in total. The molecule has 0 fully saturated rings. The number of nitrogens with zero attached hydrogens (tertiary/aromatic N) is 1. The van der Waals surface area contributed by atoms with E-state index in [4.69, 9.17) is 14.2 Å². The number of hydrogen-bond acceptors (Lipinski definition) is 6. The zero-order chi connectivity index (χ0) is 25.2. The van der Waals surface area contributed by atoms with Gasteiger partial charge in [-0.15, -0.1) is 0 Å². The first kappa shape index (κ1) is 25.8. The van der Waals surface area contributed by atoms with Crippen LogP contribution in [0.25, 0.3) is 0 Å². The molecule has 0 unspecified atom stereocenters. The number of likely N-dealkylation sites (N-methyl/N-ethyl adjacent to an activating group) is 1. The number of para-hydroxylation sites is 1. The zero-order valence-electron chi connectivity index (χ0n) is 20.3. The van der Waals surface area contributed by atoms with Crippen molar-refractivity contribution in [1.29, 1.82) is 0 Å². The SMILES string of the molecule is COc1ccc(CCc2ccccc2OC[C@@H](CN(C)C)OC(=O)c2cccc(C(=O)O)c2)cc1. The number of methoxy groups -OCH3 is 1. The lowest BCUT2D eigenvalue weighted by atomic mass is 10.0. The first-order chi connectivity index (χ1) is 16.9. The number of ether oxygens (including phenoxy) is 3. The molecule has 0 spiro atoms. The number of aryl methyl sites for hydroxylation is 2. The highest BCUT2D eigenvalue weighted by Crippen LogP contribution is 2.22. The predicted molar refractivity (Wildman–Crippen MR) is 133 cm³/mol. The molecule has 184 valence electrons. The molecule has 3 rings (SSSR count). The molecular weight excluding hydrogens is 446 g/mol. The number of aromatic carboxylic acids is 1. The molecule has 35 heavy (non-hydrogen) atoms. The molecule has 3 aromatic carbocycles. The van der Waals surface area contributed by atoms with Gasteiger partial charge < -0.3 is 24.2 Å². The Labute approximate surface area is 205 Å². The van der Waals surface area contributed by atoms with E-state index in [0.29, 0.717) is 6.54 Å². The van der Waals surface area contributed by atoms with Crippen LogP contribution in [0.15, 0.2) is 72.8 Å². The fourth-order valence-corrected chi connectivity index (χ4v) is 3.63. The fraction of sp³-hybridized carbons (Fsp3) is 0.286. The van der Waals surface area contributed by atoms with E-state index in [1.165, 1.54) is 29.8 Å². The molecule has 3 aromatic rings. The Morgan fingerprint density at radius 1 is 0.914 bits per heavy atom. The van der Waals surface area contributed by atoms with Gasteiger partial charge in [-0.3, -0.25) is 0 Å². The summed E-state index contributed by atoms with van der Waals surface area (Å²) >= 11 is 0. The summed E-state index contributed by atoms with van der Waals surface area (Å²) in [7, 11) is 5.42. The maximum absolute atomic E-state index is 12.7. The minimum Gasteiger partial charge on any atom is -0.497 e. The second-order valence-corrected chi connectivity index (χ2v) is 8.44. The third kappa shape index (κ3) is 7.86. The Morgan fingerprint density at radius 3 is 2.31 bits per heavy atom. The molecule has 0 radical (unpaired) electrons. The van der Waals surface area contributed by atoms with Crippen molar-refractivity contribution in [3.8, 4) is 11.5 Å². The summed E-state index contributed by atoms with van der Waals surface area (Å²) in [4.78, 5) is 25.8. The third-order valence-corrected chi connectivity index (χ3v) is 5.43. The Hall–Kier alpha value is -3.84. The number of carboxylic acid groups (broad SMARTS) is 1. The van der Waals surface area contributed by atoms with Crippen LogP contribution in [0.1, 0.15) is 31.8 Å². The average Bonchev–Trinajstić information content (AvgIpc) is 2.86. The first-order valence-corrected chi connectivity index (χ1v) is 11.4. The minimum absolute atomic E-state index is 0.0330. The van der Waals surface area contributed by atoms with E-state index in [2.05, 4.69) is 0 Å². The fourth-order valence-electron chi connectivity index (χ4n) is 3.63. The number of carboxylic acids is 1. The normalized spacial score (nSPS) is 11.7. The van der Waals surface area contributed by atoms with Gasteiger partial charge in [0.2, 0.25) is 0 Å². The maximum Gasteiger partial charge on any atom is 0.338 e. The number of hydrogen-bond donors (Lipinski definition) is 1. The van der Waals surface area contributed by atoms with Crippen LogP contribution < -0.4 is 9.47 Å². The van der Waals surface area contributed by atoms with Gasteiger partial charge in [0.15, 0.2) is 0 Å². The van der Waals surface area contributed by atoms with E-state index in [-0.39, 0.29) is 17.7 Å². The number of benzene rings is 3. The van der Waals surface area contributed by atoms with E-state index in [1.54, 1.807) is 7.11 Å². The van der Waals surface area contributed by atoms with Gasteiger partial charge in [0, 0.05) is 6.54 Å². The van der Waals surface area contributed by atoms with Crippen LogP contribution in [0.4, 0.5) is 0 Å². The van der Waals surface area contributed by atoms with Crippen molar-refractivity contribution < 1.29 is 28.9 Å². The van der Waals surface area contributed by atoms with Crippen LogP contribution >= 0.6 is 0 Å². The lowest BCUT2D eigenvalue weighted by molar-refractivity contribution is 0.0103. The Morgan fingerprint density at radius 2 is 1.63 bits per heavy atom. The molecule has 0 bridgehead atoms. The molecule has 0 amide bonds. The number of rotatable bonds is 12. The molecule has 7 heteroatoms. The largest absolute Gasteiger partial charge is 0.497 e. The van der Waals surface area contributed by atoms with Gasteiger partial charge in [-0.1, -0.05) is 36.4 Å². The van der Waals surface area contributed by atoms with Crippen LogP contribution in [-0.2, 0) is 17.6 Å². The van der Waals surface area contributed by atoms with Gasteiger partial charge in [0.1, 0.15) is 24.2 Å². The van der Waals surface area contributed by atoms with Crippen LogP contribution in [0.5, 0.6) is 11.5 Å². The summed E-state index contributed by atoms with van der Waals surface area (Å²) in [6, 6.07) is 21.6. The van der Waals surface area contributed by atoms with Crippen LogP contribution in [0, 0.1) is 0 Å². The van der Waals surface area contributed by atoms with Gasteiger partial charge in [0.25, 0.3) is 0 Å². The van der Waals surface area contributed by atoms with Gasteiger partial charge >= 0.3 is 11.9 Å².